The summed E-state index contributed by atoms with van der Waals surface area (Å²) in [5, 5.41) is 15.3. The first kappa shape index (κ1) is 12.4. The first-order valence-corrected chi connectivity index (χ1v) is 4.11. The van der Waals surface area contributed by atoms with Crippen molar-refractivity contribution < 1.29 is 23.1 Å². The molecule has 0 aromatic carbocycles. The Morgan fingerprint density at radius 2 is 2.19 bits per heavy atom. The van der Waals surface area contributed by atoms with E-state index in [1.807, 2.05) is 0 Å². The van der Waals surface area contributed by atoms with Crippen molar-refractivity contribution in [3.05, 3.63) is 11.9 Å². The van der Waals surface area contributed by atoms with Gasteiger partial charge in [-0.1, -0.05) is 5.21 Å². The Balaban J connectivity index is 3.01. The van der Waals surface area contributed by atoms with Gasteiger partial charge >= 0.3 is 12.1 Å². The molecule has 1 unspecified atom stereocenters. The first-order chi connectivity index (χ1) is 7.17. The fraction of sp³-hybridized carbons (Fsp3) is 0.571. The highest BCUT2D eigenvalue weighted by Gasteiger charge is 2.58. The van der Waals surface area contributed by atoms with Gasteiger partial charge in [0.1, 0.15) is 0 Å². The number of nitrogens with two attached hydrogens (primary N) is 1. The highest BCUT2D eigenvalue weighted by molar-refractivity contribution is 5.80. The highest BCUT2D eigenvalue weighted by atomic mass is 19.4. The monoisotopic (exact) mass is 238 g/mol. The molecule has 6 nitrogen and oxygen atoms in total. The lowest BCUT2D eigenvalue weighted by atomic mass is 9.94. The quantitative estimate of drug-likeness (QED) is 0.754. The number of hydrogen-bond donors (Lipinski definition) is 2. The standard InChI is InChI=1S/C7H9F3N4O2/c1-14-3-4(12-13-14)2-6(11,5(15)16)7(8,9)10/h3H,2,11H2,1H3,(H,15,16). The second-order valence-electron chi connectivity index (χ2n) is 3.33. The summed E-state index contributed by atoms with van der Waals surface area (Å²) < 4.78 is 38.6. The molecule has 1 aromatic rings. The van der Waals surface area contributed by atoms with E-state index in [9.17, 15) is 18.0 Å². The van der Waals surface area contributed by atoms with Crippen molar-refractivity contribution >= 4 is 5.97 Å². The molecule has 0 fully saturated rings. The van der Waals surface area contributed by atoms with Crippen molar-refractivity contribution in [1.29, 1.82) is 0 Å². The van der Waals surface area contributed by atoms with Crippen LogP contribution >= 0.6 is 0 Å². The third-order valence-corrected chi connectivity index (χ3v) is 2.00. The van der Waals surface area contributed by atoms with Gasteiger partial charge in [0.2, 0.25) is 5.54 Å². The van der Waals surface area contributed by atoms with E-state index in [0.717, 1.165) is 4.68 Å². The number of aliphatic carboxylic acids is 1. The predicted molar refractivity (Wildman–Crippen MR) is 45.3 cm³/mol. The second-order valence-corrected chi connectivity index (χ2v) is 3.33. The zero-order valence-electron chi connectivity index (χ0n) is 8.19. The number of aryl methyl sites for hydroxylation is 1. The van der Waals surface area contributed by atoms with E-state index >= 15 is 0 Å². The van der Waals surface area contributed by atoms with Gasteiger partial charge in [0.25, 0.3) is 0 Å². The van der Waals surface area contributed by atoms with Crippen molar-refractivity contribution in [2.24, 2.45) is 12.8 Å². The van der Waals surface area contributed by atoms with E-state index in [-0.39, 0.29) is 5.69 Å². The van der Waals surface area contributed by atoms with Gasteiger partial charge in [0.15, 0.2) is 0 Å². The van der Waals surface area contributed by atoms with Crippen LogP contribution in [-0.2, 0) is 18.3 Å². The maximum Gasteiger partial charge on any atom is 0.417 e. The Morgan fingerprint density at radius 3 is 2.50 bits per heavy atom. The Morgan fingerprint density at radius 1 is 1.62 bits per heavy atom. The number of aromatic nitrogens is 3. The van der Waals surface area contributed by atoms with Crippen LogP contribution < -0.4 is 5.73 Å². The molecule has 1 aromatic heterocycles. The largest absolute Gasteiger partial charge is 0.480 e. The Kier molecular flexibility index (Phi) is 2.91. The Labute approximate surface area is 87.8 Å². The number of alkyl halides is 3. The van der Waals surface area contributed by atoms with Gasteiger partial charge in [-0.2, -0.15) is 13.2 Å². The topological polar surface area (TPSA) is 94.0 Å². The van der Waals surface area contributed by atoms with Crippen LogP contribution in [0.1, 0.15) is 5.69 Å². The fourth-order valence-corrected chi connectivity index (χ4v) is 1.06. The smallest absolute Gasteiger partial charge is 0.417 e. The summed E-state index contributed by atoms with van der Waals surface area (Å²) in [5.74, 6) is -2.15. The third kappa shape index (κ3) is 2.13. The first-order valence-electron chi connectivity index (χ1n) is 4.11. The van der Waals surface area contributed by atoms with Crippen LogP contribution in [0.3, 0.4) is 0 Å². The van der Waals surface area contributed by atoms with Gasteiger partial charge in [0.05, 0.1) is 5.69 Å². The van der Waals surface area contributed by atoms with E-state index in [2.05, 4.69) is 10.3 Å². The number of hydrogen-bond acceptors (Lipinski definition) is 4. The number of carboxylic acid groups (broad SMARTS) is 1. The van der Waals surface area contributed by atoms with Crippen LogP contribution in [0, 0.1) is 0 Å². The van der Waals surface area contributed by atoms with Gasteiger partial charge in [-0.05, 0) is 0 Å². The molecule has 0 saturated carbocycles. The summed E-state index contributed by atoms with van der Waals surface area (Å²) >= 11 is 0. The minimum atomic E-state index is -5.06. The molecule has 1 heterocycles. The highest BCUT2D eigenvalue weighted by Crippen LogP contribution is 2.31. The van der Waals surface area contributed by atoms with Gasteiger partial charge in [-0.25, -0.2) is 4.79 Å². The molecule has 90 valence electrons. The molecule has 0 spiro atoms. The molecule has 16 heavy (non-hydrogen) atoms. The van der Waals surface area contributed by atoms with Crippen molar-refractivity contribution in [3.8, 4) is 0 Å². The molecule has 0 aliphatic heterocycles. The summed E-state index contributed by atoms with van der Waals surface area (Å²) in [6.45, 7) is 0. The number of nitrogens with zero attached hydrogens (tertiary/aromatic N) is 3. The van der Waals surface area contributed by atoms with Gasteiger partial charge < -0.3 is 10.8 Å². The summed E-state index contributed by atoms with van der Waals surface area (Å²) in [4.78, 5) is 10.6. The second kappa shape index (κ2) is 3.74. The van der Waals surface area contributed by atoms with E-state index < -0.39 is 24.1 Å². The van der Waals surface area contributed by atoms with E-state index in [4.69, 9.17) is 10.8 Å². The maximum atomic E-state index is 12.5. The Hall–Kier alpha value is -1.64. The lowest BCUT2D eigenvalue weighted by Crippen LogP contribution is -2.61. The zero-order valence-corrected chi connectivity index (χ0v) is 8.19. The van der Waals surface area contributed by atoms with Crippen molar-refractivity contribution in [1.82, 2.24) is 15.0 Å². The van der Waals surface area contributed by atoms with Crippen LogP contribution in [0.15, 0.2) is 6.20 Å². The van der Waals surface area contributed by atoms with Crippen LogP contribution in [-0.4, -0.2) is 37.8 Å². The van der Waals surface area contributed by atoms with Crippen molar-refractivity contribution in [2.45, 2.75) is 18.1 Å². The number of halogens is 3. The predicted octanol–water partition coefficient (Wildman–Crippen LogP) is -0.298. The molecule has 3 N–H and O–H groups in total. The van der Waals surface area contributed by atoms with Crippen molar-refractivity contribution in [3.63, 3.8) is 0 Å². The lowest BCUT2D eigenvalue weighted by molar-refractivity contribution is -0.201. The van der Waals surface area contributed by atoms with Gasteiger partial charge in [0, 0.05) is 19.7 Å². The number of carboxylic acids is 1. The van der Waals surface area contributed by atoms with Crippen LogP contribution in [0.4, 0.5) is 13.2 Å². The molecule has 0 amide bonds. The third-order valence-electron chi connectivity index (χ3n) is 2.00. The molecule has 1 atom stereocenters. The molecule has 0 bridgehead atoms. The van der Waals surface area contributed by atoms with Crippen LogP contribution in [0.2, 0.25) is 0 Å². The van der Waals surface area contributed by atoms with E-state index in [1.165, 1.54) is 13.2 Å². The maximum absolute atomic E-state index is 12.5. The minimum absolute atomic E-state index is 0.135. The van der Waals surface area contributed by atoms with Gasteiger partial charge in [-0.15, -0.1) is 5.10 Å². The molecule has 1 rings (SSSR count). The molecule has 0 aliphatic rings. The molecular formula is C7H9F3N4O2. The average Bonchev–Trinajstić information content (AvgIpc) is 2.48. The molecule has 9 heteroatoms. The summed E-state index contributed by atoms with van der Waals surface area (Å²) in [6.07, 6.45) is -4.84. The number of rotatable bonds is 3. The molecule has 0 saturated heterocycles. The summed E-state index contributed by atoms with van der Waals surface area (Å²) in [7, 11) is 1.45. The van der Waals surface area contributed by atoms with Crippen molar-refractivity contribution in [2.75, 3.05) is 0 Å². The SMILES string of the molecule is Cn1cc(CC(N)(C(=O)O)C(F)(F)F)nn1. The summed E-state index contributed by atoms with van der Waals surface area (Å²) in [6, 6.07) is 0. The molecule has 0 radical (unpaired) electrons. The zero-order chi connectivity index (χ0) is 12.6. The van der Waals surface area contributed by atoms with Crippen LogP contribution in [0.5, 0.6) is 0 Å². The van der Waals surface area contributed by atoms with Gasteiger partial charge in [-0.3, -0.25) is 4.68 Å². The lowest BCUT2D eigenvalue weighted by Gasteiger charge is -2.26. The molecular weight excluding hydrogens is 229 g/mol. The number of carbonyl (C=O) groups is 1. The normalized spacial score (nSPS) is 15.8. The summed E-state index contributed by atoms with van der Waals surface area (Å²) in [5.41, 5.74) is 1.38. The van der Waals surface area contributed by atoms with E-state index in [1.54, 1.807) is 0 Å². The van der Waals surface area contributed by atoms with Crippen LogP contribution in [0.25, 0.3) is 0 Å². The average molecular weight is 238 g/mol. The Bertz CT molecular complexity index is 403. The molecule has 0 aliphatic carbocycles. The minimum Gasteiger partial charge on any atom is -0.480 e. The van der Waals surface area contributed by atoms with E-state index in [0.29, 0.717) is 0 Å². The fourth-order valence-electron chi connectivity index (χ4n) is 1.06.